The van der Waals surface area contributed by atoms with Gasteiger partial charge in [-0.05, 0) is 49.6 Å². The topological polar surface area (TPSA) is 32.6 Å². The van der Waals surface area contributed by atoms with Crippen LogP contribution in [0.1, 0.15) is 25.0 Å². The summed E-state index contributed by atoms with van der Waals surface area (Å²) in [4.78, 5) is 0. The number of nitrogens with zero attached hydrogens (tertiary/aromatic N) is 1. The van der Waals surface area contributed by atoms with Gasteiger partial charge in [-0.1, -0.05) is 17.3 Å². The van der Waals surface area contributed by atoms with Crippen molar-refractivity contribution in [2.75, 3.05) is 0 Å². The monoisotopic (exact) mass is 207 g/mol. The van der Waals surface area contributed by atoms with Crippen molar-refractivity contribution in [1.82, 2.24) is 0 Å². The molecule has 0 bridgehead atoms. The Morgan fingerprint density at radius 3 is 2.60 bits per heavy atom. The van der Waals surface area contributed by atoms with Crippen molar-refractivity contribution < 1.29 is 9.60 Å². The second kappa shape index (κ2) is 4.73. The molecule has 80 valence electrons. The van der Waals surface area contributed by atoms with E-state index in [2.05, 4.69) is 5.16 Å². The van der Waals surface area contributed by atoms with Crippen LogP contribution in [0.25, 0.3) is 6.08 Å². The van der Waals surface area contributed by atoms with Crippen molar-refractivity contribution in [2.24, 2.45) is 5.16 Å². The normalized spacial score (nSPS) is 13.1. The first-order valence-electron chi connectivity index (χ1n) is 4.68. The number of hydrogen-bond acceptors (Lipinski definition) is 2. The summed E-state index contributed by atoms with van der Waals surface area (Å²) in [5.74, 6) is -0.211. The zero-order chi connectivity index (χ0) is 11.4. The van der Waals surface area contributed by atoms with Gasteiger partial charge in [0.1, 0.15) is 5.82 Å². The summed E-state index contributed by atoms with van der Waals surface area (Å²) in [6, 6.07) is 4.87. The molecule has 0 aliphatic heterocycles. The fourth-order valence-electron chi connectivity index (χ4n) is 1.19. The van der Waals surface area contributed by atoms with E-state index in [-0.39, 0.29) is 5.82 Å². The second-order valence-corrected chi connectivity index (χ2v) is 3.52. The van der Waals surface area contributed by atoms with E-state index in [1.165, 1.54) is 6.07 Å². The Morgan fingerprint density at radius 2 is 2.07 bits per heavy atom. The van der Waals surface area contributed by atoms with Crippen LogP contribution in [0.15, 0.2) is 28.9 Å². The van der Waals surface area contributed by atoms with Crippen molar-refractivity contribution in [3.05, 3.63) is 40.7 Å². The lowest BCUT2D eigenvalue weighted by Gasteiger charge is -2.01. The summed E-state index contributed by atoms with van der Waals surface area (Å²) >= 11 is 0. The van der Waals surface area contributed by atoms with Gasteiger partial charge in [-0.15, -0.1) is 0 Å². The van der Waals surface area contributed by atoms with Gasteiger partial charge in [0.2, 0.25) is 0 Å². The highest BCUT2D eigenvalue weighted by molar-refractivity contribution is 6.01. The molecule has 0 heterocycles. The molecule has 0 aromatic heterocycles. The molecule has 1 aromatic rings. The maximum Gasteiger partial charge on any atom is 0.126 e. The number of oxime groups is 1. The molecule has 0 saturated heterocycles. The van der Waals surface area contributed by atoms with Crippen LogP contribution in [0.4, 0.5) is 4.39 Å². The number of hydrogen-bond donors (Lipinski definition) is 1. The zero-order valence-corrected chi connectivity index (χ0v) is 9.08. The molecule has 0 fully saturated rings. The minimum Gasteiger partial charge on any atom is -0.411 e. The molecular weight excluding hydrogens is 193 g/mol. The molecule has 0 atom stereocenters. The predicted molar refractivity (Wildman–Crippen MR) is 59.7 cm³/mol. The standard InChI is InChI=1S/C12H14FNO/c1-8(10(3)14-15)6-11-4-5-12(13)9(2)7-11/h4-7,15H,1-3H3/b8-6-,14-10+. The van der Waals surface area contributed by atoms with Crippen LogP contribution in [-0.2, 0) is 0 Å². The number of halogens is 1. The number of rotatable bonds is 2. The lowest BCUT2D eigenvalue weighted by atomic mass is 10.1. The Kier molecular flexibility index (Phi) is 3.61. The van der Waals surface area contributed by atoms with Crippen LogP contribution in [-0.4, -0.2) is 10.9 Å². The van der Waals surface area contributed by atoms with Crippen molar-refractivity contribution in [3.8, 4) is 0 Å². The molecule has 0 aliphatic carbocycles. The van der Waals surface area contributed by atoms with Crippen molar-refractivity contribution in [1.29, 1.82) is 0 Å². The highest BCUT2D eigenvalue weighted by Gasteiger charge is 1.99. The highest BCUT2D eigenvalue weighted by atomic mass is 19.1. The SMILES string of the molecule is CC(=C/c1ccc(F)c(C)c1)/C(C)=N/O. The van der Waals surface area contributed by atoms with E-state index < -0.39 is 0 Å². The van der Waals surface area contributed by atoms with E-state index >= 15 is 0 Å². The summed E-state index contributed by atoms with van der Waals surface area (Å²) in [6.07, 6.45) is 1.85. The number of benzene rings is 1. The van der Waals surface area contributed by atoms with E-state index in [0.717, 1.165) is 11.1 Å². The Morgan fingerprint density at radius 1 is 1.40 bits per heavy atom. The lowest BCUT2D eigenvalue weighted by Crippen LogP contribution is -1.93. The molecule has 0 saturated carbocycles. The molecule has 15 heavy (non-hydrogen) atoms. The molecule has 0 spiro atoms. The average molecular weight is 207 g/mol. The van der Waals surface area contributed by atoms with Gasteiger partial charge in [0, 0.05) is 0 Å². The summed E-state index contributed by atoms with van der Waals surface area (Å²) in [5.41, 5.74) is 2.91. The summed E-state index contributed by atoms with van der Waals surface area (Å²) < 4.78 is 13.0. The first-order chi connectivity index (χ1) is 7.04. The van der Waals surface area contributed by atoms with Crippen LogP contribution in [0, 0.1) is 12.7 Å². The minimum atomic E-state index is -0.211. The average Bonchev–Trinajstić information content (AvgIpc) is 2.22. The van der Waals surface area contributed by atoms with E-state index in [9.17, 15) is 4.39 Å². The van der Waals surface area contributed by atoms with Gasteiger partial charge in [-0.2, -0.15) is 0 Å². The van der Waals surface area contributed by atoms with Gasteiger partial charge in [0.25, 0.3) is 0 Å². The first-order valence-corrected chi connectivity index (χ1v) is 4.68. The molecular formula is C12H14FNO. The quantitative estimate of drug-likeness (QED) is 0.450. The third kappa shape index (κ3) is 2.91. The van der Waals surface area contributed by atoms with Crippen LogP contribution >= 0.6 is 0 Å². The predicted octanol–water partition coefficient (Wildman–Crippen LogP) is 3.39. The Bertz CT molecular complexity index is 422. The van der Waals surface area contributed by atoms with Gasteiger partial charge in [0.05, 0.1) is 5.71 Å². The zero-order valence-electron chi connectivity index (χ0n) is 9.08. The maximum absolute atomic E-state index is 13.0. The molecule has 2 nitrogen and oxygen atoms in total. The van der Waals surface area contributed by atoms with Crippen LogP contribution < -0.4 is 0 Å². The Hall–Kier alpha value is -1.64. The summed E-state index contributed by atoms with van der Waals surface area (Å²) in [6.45, 7) is 5.27. The molecule has 0 unspecified atom stereocenters. The van der Waals surface area contributed by atoms with Crippen molar-refractivity contribution in [3.63, 3.8) is 0 Å². The van der Waals surface area contributed by atoms with E-state index in [1.54, 1.807) is 26.0 Å². The molecule has 1 rings (SSSR count). The molecule has 1 N–H and O–H groups in total. The van der Waals surface area contributed by atoms with Gasteiger partial charge >= 0.3 is 0 Å². The van der Waals surface area contributed by atoms with Gasteiger partial charge in [-0.25, -0.2) is 4.39 Å². The molecule has 0 radical (unpaired) electrons. The molecule has 0 amide bonds. The highest BCUT2D eigenvalue weighted by Crippen LogP contribution is 2.13. The van der Waals surface area contributed by atoms with Crippen LogP contribution in [0.3, 0.4) is 0 Å². The lowest BCUT2D eigenvalue weighted by molar-refractivity contribution is 0.319. The van der Waals surface area contributed by atoms with Crippen molar-refractivity contribution in [2.45, 2.75) is 20.8 Å². The summed E-state index contributed by atoms with van der Waals surface area (Å²) in [7, 11) is 0. The molecule has 0 aliphatic rings. The third-order valence-electron chi connectivity index (χ3n) is 2.29. The fraction of sp³-hybridized carbons (Fsp3) is 0.250. The van der Waals surface area contributed by atoms with Gasteiger partial charge in [0.15, 0.2) is 0 Å². The first kappa shape index (κ1) is 11.4. The maximum atomic E-state index is 13.0. The van der Waals surface area contributed by atoms with Crippen molar-refractivity contribution >= 4 is 11.8 Å². The smallest absolute Gasteiger partial charge is 0.126 e. The van der Waals surface area contributed by atoms with Gasteiger partial charge < -0.3 is 5.21 Å². The summed E-state index contributed by atoms with van der Waals surface area (Å²) in [5, 5.41) is 11.7. The van der Waals surface area contributed by atoms with Crippen LogP contribution in [0.2, 0.25) is 0 Å². The van der Waals surface area contributed by atoms with Crippen LogP contribution in [0.5, 0.6) is 0 Å². The van der Waals surface area contributed by atoms with E-state index in [4.69, 9.17) is 5.21 Å². The largest absolute Gasteiger partial charge is 0.411 e. The van der Waals surface area contributed by atoms with E-state index in [0.29, 0.717) is 11.3 Å². The number of aryl methyl sites for hydroxylation is 1. The molecule has 3 heteroatoms. The Balaban J connectivity index is 3.04. The fourth-order valence-corrected chi connectivity index (χ4v) is 1.19. The third-order valence-corrected chi connectivity index (χ3v) is 2.29. The van der Waals surface area contributed by atoms with Gasteiger partial charge in [-0.3, -0.25) is 0 Å². The second-order valence-electron chi connectivity index (χ2n) is 3.52. The Labute approximate surface area is 88.7 Å². The molecule has 1 aromatic carbocycles. The number of allylic oxidation sites excluding steroid dienone is 1. The minimum absolute atomic E-state index is 0.211. The van der Waals surface area contributed by atoms with E-state index in [1.807, 2.05) is 13.0 Å².